The zero-order valence-electron chi connectivity index (χ0n) is 6.75. The number of carbonyl (C=O) groups is 1. The fourth-order valence-electron chi connectivity index (χ4n) is 1.34. The standard InChI is InChI=1S/C9H11NOS/c10-6-9(3-4-9)8(11)7-2-1-5-12-7/h1-2,5H,3-4,6,10H2. The second-order valence-electron chi connectivity index (χ2n) is 3.29. The Morgan fingerprint density at radius 3 is 2.83 bits per heavy atom. The maximum absolute atomic E-state index is 11.8. The molecular formula is C9H11NOS. The number of carbonyl (C=O) groups excluding carboxylic acids is 1. The summed E-state index contributed by atoms with van der Waals surface area (Å²) in [4.78, 5) is 12.6. The minimum absolute atomic E-state index is 0.176. The third kappa shape index (κ3) is 1.09. The maximum Gasteiger partial charge on any atom is 0.180 e. The highest BCUT2D eigenvalue weighted by Crippen LogP contribution is 2.47. The molecule has 0 atom stereocenters. The summed E-state index contributed by atoms with van der Waals surface area (Å²) in [5, 5.41) is 1.93. The summed E-state index contributed by atoms with van der Waals surface area (Å²) in [6.45, 7) is 0.504. The van der Waals surface area contributed by atoms with E-state index in [-0.39, 0.29) is 11.2 Å². The van der Waals surface area contributed by atoms with Gasteiger partial charge < -0.3 is 5.73 Å². The van der Waals surface area contributed by atoms with E-state index < -0.39 is 0 Å². The lowest BCUT2D eigenvalue weighted by molar-refractivity contribution is 0.0910. The predicted molar refractivity (Wildman–Crippen MR) is 49.4 cm³/mol. The van der Waals surface area contributed by atoms with Crippen molar-refractivity contribution in [1.29, 1.82) is 0 Å². The smallest absolute Gasteiger partial charge is 0.180 e. The third-order valence-corrected chi connectivity index (χ3v) is 3.34. The summed E-state index contributed by atoms with van der Waals surface area (Å²) in [7, 11) is 0. The molecule has 1 saturated carbocycles. The van der Waals surface area contributed by atoms with E-state index in [9.17, 15) is 4.79 Å². The van der Waals surface area contributed by atoms with Crippen LogP contribution in [-0.4, -0.2) is 12.3 Å². The Hall–Kier alpha value is -0.670. The number of ketones is 1. The highest BCUT2D eigenvalue weighted by molar-refractivity contribution is 7.12. The van der Waals surface area contributed by atoms with Crippen LogP contribution in [-0.2, 0) is 0 Å². The topological polar surface area (TPSA) is 43.1 Å². The lowest BCUT2D eigenvalue weighted by atomic mass is 10.0. The average Bonchev–Trinajstić information content (AvgIpc) is 2.71. The van der Waals surface area contributed by atoms with Crippen molar-refractivity contribution in [2.75, 3.05) is 6.54 Å². The van der Waals surface area contributed by atoms with Crippen molar-refractivity contribution in [3.63, 3.8) is 0 Å². The highest BCUT2D eigenvalue weighted by Gasteiger charge is 2.48. The summed E-state index contributed by atoms with van der Waals surface area (Å²) >= 11 is 1.51. The zero-order chi connectivity index (χ0) is 8.60. The predicted octanol–water partition coefficient (Wildman–Crippen LogP) is 1.67. The van der Waals surface area contributed by atoms with Gasteiger partial charge in [-0.15, -0.1) is 11.3 Å². The summed E-state index contributed by atoms with van der Waals surface area (Å²) in [5.74, 6) is 0.250. The van der Waals surface area contributed by atoms with Crippen LogP contribution in [0, 0.1) is 5.41 Å². The minimum Gasteiger partial charge on any atom is -0.329 e. The van der Waals surface area contributed by atoms with Crippen molar-refractivity contribution in [2.45, 2.75) is 12.8 Å². The molecule has 0 aliphatic heterocycles. The van der Waals surface area contributed by atoms with Crippen LogP contribution in [0.3, 0.4) is 0 Å². The van der Waals surface area contributed by atoms with Gasteiger partial charge in [0.05, 0.1) is 4.88 Å². The van der Waals surface area contributed by atoms with Crippen LogP contribution in [0.15, 0.2) is 17.5 Å². The zero-order valence-corrected chi connectivity index (χ0v) is 7.56. The van der Waals surface area contributed by atoms with Gasteiger partial charge in [0.15, 0.2) is 5.78 Å². The van der Waals surface area contributed by atoms with Crippen molar-refractivity contribution in [2.24, 2.45) is 11.1 Å². The molecule has 0 aromatic carbocycles. The van der Waals surface area contributed by atoms with E-state index in [0.29, 0.717) is 6.54 Å². The molecule has 0 saturated heterocycles. The van der Waals surface area contributed by atoms with Gasteiger partial charge in [-0.2, -0.15) is 0 Å². The Morgan fingerprint density at radius 1 is 1.67 bits per heavy atom. The minimum atomic E-state index is -0.176. The summed E-state index contributed by atoms with van der Waals surface area (Å²) in [6, 6.07) is 3.78. The van der Waals surface area contributed by atoms with E-state index in [2.05, 4.69) is 0 Å². The molecule has 1 fully saturated rings. The highest BCUT2D eigenvalue weighted by atomic mass is 32.1. The molecule has 0 amide bonds. The van der Waals surface area contributed by atoms with Crippen LogP contribution >= 0.6 is 11.3 Å². The average molecular weight is 181 g/mol. The molecule has 3 heteroatoms. The van der Waals surface area contributed by atoms with Crippen LogP contribution in [0.1, 0.15) is 22.5 Å². The molecule has 2 N–H and O–H groups in total. The lowest BCUT2D eigenvalue weighted by Gasteiger charge is -2.07. The van der Waals surface area contributed by atoms with Crippen LogP contribution in [0.25, 0.3) is 0 Å². The van der Waals surface area contributed by atoms with Crippen LogP contribution in [0.5, 0.6) is 0 Å². The molecule has 1 aromatic rings. The Bertz CT molecular complexity index is 287. The van der Waals surface area contributed by atoms with E-state index in [1.165, 1.54) is 11.3 Å². The Balaban J connectivity index is 2.21. The van der Waals surface area contributed by atoms with Crippen molar-refractivity contribution in [3.05, 3.63) is 22.4 Å². The number of Topliss-reactive ketones (excluding diaryl/α,β-unsaturated/α-hetero) is 1. The Labute approximate surface area is 75.4 Å². The quantitative estimate of drug-likeness (QED) is 0.721. The molecule has 2 rings (SSSR count). The molecule has 1 heterocycles. The van der Waals surface area contributed by atoms with Crippen molar-refractivity contribution in [1.82, 2.24) is 0 Å². The first-order valence-corrected chi connectivity index (χ1v) is 4.95. The fraction of sp³-hybridized carbons (Fsp3) is 0.444. The second kappa shape index (κ2) is 2.68. The van der Waals surface area contributed by atoms with Gasteiger partial charge in [0.2, 0.25) is 0 Å². The van der Waals surface area contributed by atoms with E-state index in [4.69, 9.17) is 5.73 Å². The molecule has 1 aromatic heterocycles. The van der Waals surface area contributed by atoms with Gasteiger partial charge in [0, 0.05) is 12.0 Å². The first-order chi connectivity index (χ1) is 5.78. The SMILES string of the molecule is NCC1(C(=O)c2cccs2)CC1. The van der Waals surface area contributed by atoms with Gasteiger partial charge in [-0.05, 0) is 24.3 Å². The van der Waals surface area contributed by atoms with Gasteiger partial charge in [-0.3, -0.25) is 4.79 Å². The number of hydrogen-bond acceptors (Lipinski definition) is 3. The summed E-state index contributed by atoms with van der Waals surface area (Å²) in [6.07, 6.45) is 1.94. The largest absolute Gasteiger partial charge is 0.329 e. The molecule has 0 unspecified atom stereocenters. The van der Waals surface area contributed by atoms with Crippen molar-refractivity contribution in [3.8, 4) is 0 Å². The van der Waals surface area contributed by atoms with Crippen LogP contribution in [0.2, 0.25) is 0 Å². The van der Waals surface area contributed by atoms with Crippen LogP contribution in [0.4, 0.5) is 0 Å². The van der Waals surface area contributed by atoms with Crippen molar-refractivity contribution < 1.29 is 4.79 Å². The molecule has 1 aliphatic rings. The Morgan fingerprint density at radius 2 is 2.42 bits per heavy atom. The molecule has 0 bridgehead atoms. The monoisotopic (exact) mass is 181 g/mol. The molecule has 0 spiro atoms. The molecule has 1 aliphatic carbocycles. The van der Waals surface area contributed by atoms with Gasteiger partial charge in [-0.25, -0.2) is 0 Å². The van der Waals surface area contributed by atoms with E-state index in [0.717, 1.165) is 17.7 Å². The molecule has 12 heavy (non-hydrogen) atoms. The molecule has 64 valence electrons. The third-order valence-electron chi connectivity index (χ3n) is 2.47. The summed E-state index contributed by atoms with van der Waals surface area (Å²) < 4.78 is 0. The van der Waals surface area contributed by atoms with Gasteiger partial charge >= 0.3 is 0 Å². The maximum atomic E-state index is 11.8. The van der Waals surface area contributed by atoms with Gasteiger partial charge in [-0.1, -0.05) is 6.07 Å². The van der Waals surface area contributed by atoms with E-state index >= 15 is 0 Å². The van der Waals surface area contributed by atoms with Crippen molar-refractivity contribution >= 4 is 17.1 Å². The number of hydrogen-bond donors (Lipinski definition) is 1. The Kier molecular flexibility index (Phi) is 1.77. The fourth-order valence-corrected chi connectivity index (χ4v) is 2.13. The molecular weight excluding hydrogens is 170 g/mol. The summed E-state index contributed by atoms with van der Waals surface area (Å²) in [5.41, 5.74) is 5.38. The van der Waals surface area contributed by atoms with E-state index in [1.54, 1.807) is 0 Å². The molecule has 2 nitrogen and oxygen atoms in total. The number of rotatable bonds is 3. The van der Waals surface area contributed by atoms with Gasteiger partial charge in [0.25, 0.3) is 0 Å². The first-order valence-electron chi connectivity index (χ1n) is 4.07. The van der Waals surface area contributed by atoms with Crippen LogP contribution < -0.4 is 5.73 Å². The molecule has 0 radical (unpaired) electrons. The van der Waals surface area contributed by atoms with Gasteiger partial charge in [0.1, 0.15) is 0 Å². The number of nitrogens with two attached hydrogens (primary N) is 1. The number of thiophene rings is 1. The first kappa shape index (κ1) is 7.95. The second-order valence-corrected chi connectivity index (χ2v) is 4.24. The van der Waals surface area contributed by atoms with E-state index in [1.807, 2.05) is 17.5 Å². The lowest BCUT2D eigenvalue weighted by Crippen LogP contribution is -2.24. The normalized spacial score (nSPS) is 19.1.